The molecule has 0 atom stereocenters. The predicted molar refractivity (Wildman–Crippen MR) is 77.6 cm³/mol. The number of ether oxygens (including phenoxy) is 1. The molecule has 96 valence electrons. The summed E-state index contributed by atoms with van der Waals surface area (Å²) < 4.78 is 4.93. The number of fused-ring (bicyclic) bond motifs is 1. The van der Waals surface area contributed by atoms with Crippen LogP contribution in [0, 0.1) is 5.41 Å². The summed E-state index contributed by atoms with van der Waals surface area (Å²) >= 11 is 13.1. The van der Waals surface area contributed by atoms with Gasteiger partial charge in [0.25, 0.3) is 0 Å². The number of aromatic nitrogens is 1. The molecule has 1 aromatic carbocycles. The van der Waals surface area contributed by atoms with E-state index in [-0.39, 0.29) is 5.84 Å². The Morgan fingerprint density at radius 1 is 1.50 bits per heavy atom. The van der Waals surface area contributed by atoms with Crippen molar-refractivity contribution >= 4 is 55.7 Å². The second-order valence-electron chi connectivity index (χ2n) is 3.71. The van der Waals surface area contributed by atoms with Crippen LogP contribution in [0.5, 0.6) is 5.75 Å². The molecule has 0 aliphatic heterocycles. The minimum Gasteiger partial charge on any atom is -0.494 e. The number of rotatable bonds is 3. The first-order chi connectivity index (χ1) is 8.41. The first-order valence-corrected chi connectivity index (χ1v) is 6.66. The van der Waals surface area contributed by atoms with Crippen LogP contribution in [0.3, 0.4) is 0 Å². The van der Waals surface area contributed by atoms with Crippen LogP contribution in [-0.2, 0) is 0 Å². The number of nitrogens with zero attached hydrogens (tertiary/aromatic N) is 1. The Bertz CT molecular complexity index is 591. The van der Waals surface area contributed by atoms with Gasteiger partial charge in [0.1, 0.15) is 17.1 Å². The molecular formula is C11H11Cl2N3OS. The highest BCUT2D eigenvalue weighted by Gasteiger charge is 2.24. The average molecular weight is 304 g/mol. The highest BCUT2D eigenvalue weighted by atomic mass is 35.5. The predicted octanol–water partition coefficient (Wildman–Crippen LogP) is 3.89. The van der Waals surface area contributed by atoms with Crippen molar-refractivity contribution in [3.05, 3.63) is 18.2 Å². The molecule has 0 saturated heterocycles. The Balaban J connectivity index is 2.34. The number of para-hydroxylation sites is 1. The maximum absolute atomic E-state index is 7.71. The molecule has 4 nitrogen and oxygen atoms in total. The standard InChI is InChI=1S/C11H11Cl2N3OS/c1-11(12,13)9(14)16-10-15-8-6(17-2)4-3-5-7(8)18-10/h3-5H,1-2H3,(H2,14,15,16). The molecule has 2 aromatic rings. The van der Waals surface area contributed by atoms with Crippen LogP contribution in [0.1, 0.15) is 6.92 Å². The van der Waals surface area contributed by atoms with Crippen molar-refractivity contribution in [1.29, 1.82) is 5.41 Å². The van der Waals surface area contributed by atoms with Crippen molar-refractivity contribution < 1.29 is 4.74 Å². The monoisotopic (exact) mass is 303 g/mol. The van der Waals surface area contributed by atoms with Gasteiger partial charge >= 0.3 is 0 Å². The Morgan fingerprint density at radius 2 is 2.22 bits per heavy atom. The van der Waals surface area contributed by atoms with Gasteiger partial charge in [-0.25, -0.2) is 4.98 Å². The number of halogens is 2. The molecule has 0 spiro atoms. The molecule has 0 amide bonds. The number of nitrogens with one attached hydrogen (secondary N) is 2. The van der Waals surface area contributed by atoms with Crippen molar-refractivity contribution in [1.82, 2.24) is 4.98 Å². The van der Waals surface area contributed by atoms with Crippen molar-refractivity contribution in [3.63, 3.8) is 0 Å². The van der Waals surface area contributed by atoms with Gasteiger partial charge in [0, 0.05) is 0 Å². The molecule has 1 aromatic heterocycles. The SMILES string of the molecule is COc1cccc2sc(NC(=N)C(C)(Cl)Cl)nc12. The van der Waals surface area contributed by atoms with Gasteiger partial charge in [-0.3, -0.25) is 5.41 Å². The number of benzene rings is 1. The number of thiazole rings is 1. The summed E-state index contributed by atoms with van der Waals surface area (Å²) in [7, 11) is 1.60. The Kier molecular flexibility index (Phi) is 3.66. The Labute approximate surface area is 118 Å². The molecule has 2 N–H and O–H groups in total. The molecule has 0 aliphatic rings. The zero-order valence-electron chi connectivity index (χ0n) is 9.75. The lowest BCUT2D eigenvalue weighted by Crippen LogP contribution is -2.28. The molecular weight excluding hydrogens is 293 g/mol. The fraction of sp³-hybridized carbons (Fsp3) is 0.273. The molecule has 0 bridgehead atoms. The summed E-state index contributed by atoms with van der Waals surface area (Å²) in [6.07, 6.45) is 0. The lowest BCUT2D eigenvalue weighted by molar-refractivity contribution is 0.419. The van der Waals surface area contributed by atoms with Gasteiger partial charge in [-0.05, 0) is 19.1 Å². The van der Waals surface area contributed by atoms with E-state index in [0.29, 0.717) is 10.9 Å². The van der Waals surface area contributed by atoms with Gasteiger partial charge < -0.3 is 10.1 Å². The molecule has 7 heteroatoms. The van der Waals surface area contributed by atoms with Crippen LogP contribution in [0.4, 0.5) is 5.13 Å². The average Bonchev–Trinajstić information content (AvgIpc) is 2.69. The third kappa shape index (κ3) is 2.68. The third-order valence-corrected chi connectivity index (χ3v) is 3.59. The van der Waals surface area contributed by atoms with Gasteiger partial charge in [0.15, 0.2) is 9.46 Å². The largest absolute Gasteiger partial charge is 0.494 e. The molecule has 1 heterocycles. The van der Waals surface area contributed by atoms with Crippen LogP contribution < -0.4 is 10.1 Å². The zero-order valence-corrected chi connectivity index (χ0v) is 12.1. The summed E-state index contributed by atoms with van der Waals surface area (Å²) in [6, 6.07) is 5.66. The van der Waals surface area contributed by atoms with E-state index in [1.807, 2.05) is 18.2 Å². The van der Waals surface area contributed by atoms with Crippen LogP contribution in [0.2, 0.25) is 0 Å². The Hall–Kier alpha value is -1.04. The van der Waals surface area contributed by atoms with E-state index in [1.54, 1.807) is 7.11 Å². The smallest absolute Gasteiger partial charge is 0.189 e. The summed E-state index contributed by atoms with van der Waals surface area (Å²) in [5, 5.41) is 11.1. The molecule has 0 fully saturated rings. The molecule has 0 saturated carbocycles. The fourth-order valence-corrected chi connectivity index (χ4v) is 2.34. The minimum atomic E-state index is -1.26. The summed E-state index contributed by atoms with van der Waals surface area (Å²) in [5.74, 6) is 0.687. The number of amidine groups is 1. The van der Waals surface area contributed by atoms with Crippen molar-refractivity contribution in [3.8, 4) is 5.75 Å². The van der Waals surface area contributed by atoms with E-state index in [0.717, 1.165) is 10.2 Å². The maximum Gasteiger partial charge on any atom is 0.189 e. The van der Waals surface area contributed by atoms with E-state index < -0.39 is 4.33 Å². The van der Waals surface area contributed by atoms with Gasteiger partial charge in [-0.15, -0.1) is 0 Å². The zero-order chi connectivity index (χ0) is 13.3. The van der Waals surface area contributed by atoms with E-state index in [2.05, 4.69) is 10.3 Å². The topological polar surface area (TPSA) is 58.0 Å². The molecule has 0 aliphatic carbocycles. The third-order valence-electron chi connectivity index (χ3n) is 2.27. The number of hydrogen-bond donors (Lipinski definition) is 2. The first kappa shape index (κ1) is 13.4. The second-order valence-corrected chi connectivity index (χ2v) is 6.45. The normalized spacial score (nSPS) is 11.6. The molecule has 2 rings (SSSR count). The first-order valence-electron chi connectivity index (χ1n) is 5.09. The van der Waals surface area contributed by atoms with E-state index in [4.69, 9.17) is 33.3 Å². The van der Waals surface area contributed by atoms with Gasteiger partial charge in [0.05, 0.1) is 11.8 Å². The van der Waals surface area contributed by atoms with Crippen LogP contribution in [0.25, 0.3) is 10.2 Å². The number of methoxy groups -OCH3 is 1. The quantitative estimate of drug-likeness (QED) is 0.514. The van der Waals surface area contributed by atoms with E-state index in [1.165, 1.54) is 18.3 Å². The minimum absolute atomic E-state index is 0.0103. The number of anilines is 1. The van der Waals surface area contributed by atoms with Crippen LogP contribution in [0.15, 0.2) is 18.2 Å². The van der Waals surface area contributed by atoms with Gasteiger partial charge in [-0.2, -0.15) is 0 Å². The number of hydrogen-bond acceptors (Lipinski definition) is 4. The van der Waals surface area contributed by atoms with E-state index >= 15 is 0 Å². The van der Waals surface area contributed by atoms with Crippen molar-refractivity contribution in [2.75, 3.05) is 12.4 Å². The highest BCUT2D eigenvalue weighted by molar-refractivity contribution is 7.22. The van der Waals surface area contributed by atoms with Crippen LogP contribution in [-0.4, -0.2) is 22.3 Å². The van der Waals surface area contributed by atoms with Gasteiger partial charge in [0.2, 0.25) is 0 Å². The molecule has 0 unspecified atom stereocenters. The lowest BCUT2D eigenvalue weighted by Gasteiger charge is -2.14. The summed E-state index contributed by atoms with van der Waals surface area (Å²) in [4.78, 5) is 4.36. The highest BCUT2D eigenvalue weighted by Crippen LogP contribution is 2.33. The Morgan fingerprint density at radius 3 is 2.83 bits per heavy atom. The van der Waals surface area contributed by atoms with Gasteiger partial charge in [-0.1, -0.05) is 40.6 Å². The fourth-order valence-electron chi connectivity index (χ4n) is 1.36. The number of alkyl halides is 2. The lowest BCUT2D eigenvalue weighted by atomic mass is 10.3. The molecule has 18 heavy (non-hydrogen) atoms. The second kappa shape index (κ2) is 4.91. The summed E-state index contributed by atoms with van der Waals surface area (Å²) in [5.41, 5.74) is 0.756. The maximum atomic E-state index is 7.71. The molecule has 0 radical (unpaired) electrons. The van der Waals surface area contributed by atoms with Crippen LogP contribution >= 0.6 is 34.5 Å². The van der Waals surface area contributed by atoms with E-state index in [9.17, 15) is 0 Å². The van der Waals surface area contributed by atoms with Crippen molar-refractivity contribution in [2.24, 2.45) is 0 Å². The summed E-state index contributed by atoms with van der Waals surface area (Å²) in [6.45, 7) is 1.53. The van der Waals surface area contributed by atoms with Crippen molar-refractivity contribution in [2.45, 2.75) is 11.3 Å².